The van der Waals surface area contributed by atoms with E-state index in [1.165, 1.54) is 7.11 Å². The van der Waals surface area contributed by atoms with Crippen molar-refractivity contribution in [1.29, 1.82) is 0 Å². The van der Waals surface area contributed by atoms with Crippen molar-refractivity contribution in [3.8, 4) is 11.8 Å². The van der Waals surface area contributed by atoms with Crippen LogP contribution in [0.2, 0.25) is 0 Å². The van der Waals surface area contributed by atoms with Crippen LogP contribution in [0, 0.1) is 11.8 Å². The van der Waals surface area contributed by atoms with Gasteiger partial charge in [-0.2, -0.15) is 5.10 Å². The fraction of sp³-hybridized carbons (Fsp3) is 0.167. The van der Waals surface area contributed by atoms with Crippen molar-refractivity contribution in [3.63, 3.8) is 0 Å². The highest BCUT2D eigenvalue weighted by molar-refractivity contribution is 5.89. The first-order valence-corrected chi connectivity index (χ1v) is 4.72. The summed E-state index contributed by atoms with van der Waals surface area (Å²) in [5.41, 5.74) is 1.75. The van der Waals surface area contributed by atoms with Crippen LogP contribution in [0.4, 0.5) is 0 Å². The van der Waals surface area contributed by atoms with E-state index < -0.39 is 5.97 Å². The standard InChI is InChI=1S/C12H10N2O2/c1-14-11-7-9(4-6-12(15)16-2)3-5-10(11)8-13-14/h3,5,7-8H,1-2H3. The third kappa shape index (κ3) is 1.89. The predicted octanol–water partition coefficient (Wildman–Crippen LogP) is 1.10. The van der Waals surface area contributed by atoms with E-state index >= 15 is 0 Å². The molecular weight excluding hydrogens is 204 g/mol. The second kappa shape index (κ2) is 4.07. The van der Waals surface area contributed by atoms with Gasteiger partial charge in [-0.1, -0.05) is 5.92 Å². The number of rotatable bonds is 0. The largest absolute Gasteiger partial charge is 0.459 e. The van der Waals surface area contributed by atoms with Gasteiger partial charge in [-0.3, -0.25) is 4.68 Å². The van der Waals surface area contributed by atoms with Gasteiger partial charge in [0.1, 0.15) is 0 Å². The number of ether oxygens (including phenoxy) is 1. The van der Waals surface area contributed by atoms with Gasteiger partial charge in [-0.25, -0.2) is 4.79 Å². The van der Waals surface area contributed by atoms with E-state index in [1.807, 2.05) is 25.2 Å². The lowest BCUT2D eigenvalue weighted by molar-refractivity contribution is -0.133. The lowest BCUT2D eigenvalue weighted by Crippen LogP contribution is -1.94. The Hall–Kier alpha value is -2.28. The molecule has 0 aliphatic heterocycles. The van der Waals surface area contributed by atoms with Crippen molar-refractivity contribution in [3.05, 3.63) is 30.0 Å². The zero-order chi connectivity index (χ0) is 11.5. The molecule has 0 unspecified atom stereocenters. The number of esters is 1. The van der Waals surface area contributed by atoms with Gasteiger partial charge in [0, 0.05) is 23.9 Å². The maximum atomic E-state index is 10.9. The van der Waals surface area contributed by atoms with Gasteiger partial charge in [0.25, 0.3) is 0 Å². The molecule has 2 aromatic rings. The van der Waals surface area contributed by atoms with Crippen LogP contribution in [0.3, 0.4) is 0 Å². The number of aromatic nitrogens is 2. The van der Waals surface area contributed by atoms with Crippen LogP contribution in [0.25, 0.3) is 10.9 Å². The van der Waals surface area contributed by atoms with E-state index in [4.69, 9.17) is 0 Å². The Balaban J connectivity index is 2.41. The summed E-state index contributed by atoms with van der Waals surface area (Å²) < 4.78 is 6.20. The number of carbonyl (C=O) groups is 1. The van der Waals surface area contributed by atoms with Crippen molar-refractivity contribution in [1.82, 2.24) is 9.78 Å². The maximum absolute atomic E-state index is 10.9. The number of hydrogen-bond donors (Lipinski definition) is 0. The highest BCUT2D eigenvalue weighted by atomic mass is 16.5. The van der Waals surface area contributed by atoms with Gasteiger partial charge >= 0.3 is 5.97 Å². The third-order valence-corrected chi connectivity index (χ3v) is 2.24. The Labute approximate surface area is 92.8 Å². The molecule has 0 fully saturated rings. The van der Waals surface area contributed by atoms with E-state index in [9.17, 15) is 4.79 Å². The Bertz CT molecular complexity index is 602. The average Bonchev–Trinajstić information content (AvgIpc) is 2.68. The minimum Gasteiger partial charge on any atom is -0.459 e. The van der Waals surface area contributed by atoms with Crippen LogP contribution in [0.1, 0.15) is 5.56 Å². The molecule has 0 saturated heterocycles. The molecule has 1 aromatic carbocycles. The summed E-state index contributed by atoms with van der Waals surface area (Å²) in [6.07, 6.45) is 1.78. The number of benzene rings is 1. The van der Waals surface area contributed by atoms with Crippen molar-refractivity contribution in [2.45, 2.75) is 0 Å². The number of hydrogen-bond acceptors (Lipinski definition) is 3. The third-order valence-electron chi connectivity index (χ3n) is 2.24. The number of nitrogens with zero attached hydrogens (tertiary/aromatic N) is 2. The summed E-state index contributed by atoms with van der Waals surface area (Å²) >= 11 is 0. The SMILES string of the molecule is COC(=O)C#Cc1ccc2cnn(C)c2c1. The molecule has 0 radical (unpaired) electrons. The zero-order valence-electron chi connectivity index (χ0n) is 9.02. The van der Waals surface area contributed by atoms with E-state index in [-0.39, 0.29) is 0 Å². The molecule has 0 spiro atoms. The number of carbonyl (C=O) groups excluding carboxylic acids is 1. The summed E-state index contributed by atoms with van der Waals surface area (Å²) in [6, 6.07) is 5.65. The van der Waals surface area contributed by atoms with Crippen LogP contribution < -0.4 is 0 Å². The van der Waals surface area contributed by atoms with Crippen LogP contribution in [-0.2, 0) is 16.6 Å². The molecule has 80 valence electrons. The van der Waals surface area contributed by atoms with Crippen LogP contribution in [0.5, 0.6) is 0 Å². The summed E-state index contributed by atoms with van der Waals surface area (Å²) in [5.74, 6) is 4.59. The van der Waals surface area contributed by atoms with Crippen LogP contribution in [-0.4, -0.2) is 22.9 Å². The van der Waals surface area contributed by atoms with Gasteiger partial charge in [0.15, 0.2) is 0 Å². The molecule has 0 aliphatic rings. The molecule has 1 aromatic heterocycles. The van der Waals surface area contributed by atoms with Gasteiger partial charge < -0.3 is 4.74 Å². The van der Waals surface area contributed by atoms with Crippen molar-refractivity contribution in [2.75, 3.05) is 7.11 Å². The van der Waals surface area contributed by atoms with E-state index in [1.54, 1.807) is 10.9 Å². The molecule has 4 heteroatoms. The first-order valence-electron chi connectivity index (χ1n) is 4.72. The first kappa shape index (κ1) is 10.2. The fourth-order valence-electron chi connectivity index (χ4n) is 1.40. The van der Waals surface area contributed by atoms with Gasteiger partial charge in [0.2, 0.25) is 0 Å². The average molecular weight is 214 g/mol. The number of fused-ring (bicyclic) bond motifs is 1. The smallest absolute Gasteiger partial charge is 0.384 e. The molecule has 0 saturated carbocycles. The summed E-state index contributed by atoms with van der Waals surface area (Å²) in [5, 5.41) is 5.17. The monoisotopic (exact) mass is 214 g/mol. The topological polar surface area (TPSA) is 44.1 Å². The quantitative estimate of drug-likeness (QED) is 0.487. The molecule has 16 heavy (non-hydrogen) atoms. The molecule has 0 bridgehead atoms. The van der Waals surface area contributed by atoms with Gasteiger partial charge in [0.05, 0.1) is 18.8 Å². The molecule has 0 atom stereocenters. The second-order valence-electron chi connectivity index (χ2n) is 3.28. The van der Waals surface area contributed by atoms with Crippen molar-refractivity contribution >= 4 is 16.9 Å². The van der Waals surface area contributed by atoms with E-state index in [0.717, 1.165) is 16.5 Å². The maximum Gasteiger partial charge on any atom is 0.384 e. The summed E-state index contributed by atoms with van der Waals surface area (Å²) in [6.45, 7) is 0. The zero-order valence-corrected chi connectivity index (χ0v) is 9.02. The Morgan fingerprint density at radius 2 is 2.31 bits per heavy atom. The number of aryl methyl sites for hydroxylation is 1. The summed E-state index contributed by atoms with van der Waals surface area (Å²) in [4.78, 5) is 10.9. The van der Waals surface area contributed by atoms with E-state index in [0.29, 0.717) is 0 Å². The highest BCUT2D eigenvalue weighted by Crippen LogP contribution is 2.13. The van der Waals surface area contributed by atoms with Crippen molar-refractivity contribution < 1.29 is 9.53 Å². The molecule has 1 heterocycles. The van der Waals surface area contributed by atoms with Gasteiger partial charge in [-0.05, 0) is 18.2 Å². The minimum absolute atomic E-state index is 0.537. The Kier molecular flexibility index (Phi) is 2.61. The first-order chi connectivity index (χ1) is 7.70. The molecule has 2 rings (SSSR count). The number of methoxy groups -OCH3 is 1. The Morgan fingerprint density at radius 3 is 3.06 bits per heavy atom. The van der Waals surface area contributed by atoms with Crippen LogP contribution in [0.15, 0.2) is 24.4 Å². The Morgan fingerprint density at radius 1 is 1.50 bits per heavy atom. The molecule has 4 nitrogen and oxygen atoms in total. The van der Waals surface area contributed by atoms with Crippen molar-refractivity contribution in [2.24, 2.45) is 7.05 Å². The molecule has 0 amide bonds. The molecule has 0 N–H and O–H groups in total. The normalized spacial score (nSPS) is 9.62. The molecule has 0 aliphatic carbocycles. The highest BCUT2D eigenvalue weighted by Gasteiger charge is 1.99. The second-order valence-corrected chi connectivity index (χ2v) is 3.28. The van der Waals surface area contributed by atoms with Crippen LogP contribution >= 0.6 is 0 Å². The predicted molar refractivity (Wildman–Crippen MR) is 59.6 cm³/mol. The lowest BCUT2D eigenvalue weighted by atomic mass is 10.2. The lowest BCUT2D eigenvalue weighted by Gasteiger charge is -1.94. The summed E-state index contributed by atoms with van der Waals surface area (Å²) in [7, 11) is 3.17. The van der Waals surface area contributed by atoms with E-state index in [2.05, 4.69) is 21.7 Å². The van der Waals surface area contributed by atoms with Gasteiger partial charge in [-0.15, -0.1) is 0 Å². The fourth-order valence-corrected chi connectivity index (χ4v) is 1.40. The molecular formula is C12H10N2O2. The minimum atomic E-state index is -0.537.